The Bertz CT molecular complexity index is 324. The number of carbonyl (C=O) groups excluding carboxylic acids is 1. The van der Waals surface area contributed by atoms with Gasteiger partial charge in [0, 0.05) is 12.5 Å². The number of rotatable bonds is 4. The van der Waals surface area contributed by atoms with Crippen LogP contribution in [0.1, 0.15) is 59.8 Å². The average Bonchev–Trinajstić information content (AvgIpc) is 2.61. The molecule has 0 heterocycles. The lowest BCUT2D eigenvalue weighted by atomic mass is 9.84. The van der Waals surface area contributed by atoms with Crippen molar-refractivity contribution >= 4 is 5.91 Å². The number of nitrogens with zero attached hydrogens (tertiary/aromatic N) is 1. The zero-order valence-electron chi connectivity index (χ0n) is 12.1. The number of hydrogen-bond acceptors (Lipinski definition) is 2. The van der Waals surface area contributed by atoms with Crippen LogP contribution in [0.4, 0.5) is 0 Å². The average molecular weight is 250 g/mol. The normalized spacial score (nSPS) is 25.5. The van der Waals surface area contributed by atoms with Gasteiger partial charge < -0.3 is 5.32 Å². The first-order chi connectivity index (χ1) is 8.31. The lowest BCUT2D eigenvalue weighted by molar-refractivity contribution is -0.122. The number of amides is 1. The fourth-order valence-corrected chi connectivity index (χ4v) is 2.99. The third-order valence-corrected chi connectivity index (χ3v) is 3.52. The minimum Gasteiger partial charge on any atom is -0.352 e. The molecule has 0 aliphatic heterocycles. The second-order valence-electron chi connectivity index (χ2n) is 6.91. The molecule has 0 aromatic heterocycles. The van der Waals surface area contributed by atoms with Crippen molar-refractivity contribution in [3.8, 4) is 6.07 Å². The second-order valence-corrected chi connectivity index (χ2v) is 6.91. The first-order valence-corrected chi connectivity index (χ1v) is 7.01. The predicted molar refractivity (Wildman–Crippen MR) is 72.7 cm³/mol. The molecule has 0 saturated heterocycles. The van der Waals surface area contributed by atoms with Gasteiger partial charge in [0.1, 0.15) is 0 Å². The van der Waals surface area contributed by atoms with Crippen molar-refractivity contribution in [3.05, 3.63) is 0 Å². The minimum absolute atomic E-state index is 0.0203. The second kappa shape index (κ2) is 6.22. The molecule has 1 aliphatic rings. The molecular weight excluding hydrogens is 224 g/mol. The van der Waals surface area contributed by atoms with E-state index < -0.39 is 0 Å². The number of hydrogen-bond donors (Lipinski definition) is 1. The number of nitriles is 1. The monoisotopic (exact) mass is 250 g/mol. The Morgan fingerprint density at radius 2 is 2.11 bits per heavy atom. The molecule has 1 rings (SSSR count). The Labute approximate surface area is 111 Å². The third kappa shape index (κ3) is 5.08. The van der Waals surface area contributed by atoms with Crippen molar-refractivity contribution in [2.24, 2.45) is 17.3 Å². The van der Waals surface area contributed by atoms with E-state index in [4.69, 9.17) is 5.26 Å². The van der Waals surface area contributed by atoms with Gasteiger partial charge in [-0.1, -0.05) is 27.7 Å². The highest BCUT2D eigenvalue weighted by Crippen LogP contribution is 2.27. The van der Waals surface area contributed by atoms with Crippen molar-refractivity contribution < 1.29 is 4.79 Å². The Kier molecular flexibility index (Phi) is 5.19. The third-order valence-electron chi connectivity index (χ3n) is 3.52. The maximum atomic E-state index is 11.9. The summed E-state index contributed by atoms with van der Waals surface area (Å²) in [6.07, 6.45) is 4.57. The lowest BCUT2D eigenvalue weighted by Crippen LogP contribution is -2.37. The highest BCUT2D eigenvalue weighted by molar-refractivity contribution is 5.76. The molecule has 1 aliphatic carbocycles. The van der Waals surface area contributed by atoms with Gasteiger partial charge in [-0.15, -0.1) is 0 Å². The topological polar surface area (TPSA) is 52.9 Å². The zero-order chi connectivity index (χ0) is 13.8. The molecular formula is C15H26N2O. The Morgan fingerprint density at radius 3 is 2.67 bits per heavy atom. The van der Waals surface area contributed by atoms with Crippen LogP contribution >= 0.6 is 0 Å². The lowest BCUT2D eigenvalue weighted by Gasteiger charge is -2.23. The zero-order valence-corrected chi connectivity index (χ0v) is 12.1. The minimum atomic E-state index is 0.0203. The maximum absolute atomic E-state index is 11.9. The van der Waals surface area contributed by atoms with E-state index in [2.05, 4.69) is 39.1 Å². The highest BCUT2D eigenvalue weighted by atomic mass is 16.1. The van der Waals surface area contributed by atoms with E-state index in [-0.39, 0.29) is 23.3 Å². The largest absolute Gasteiger partial charge is 0.352 e. The summed E-state index contributed by atoms with van der Waals surface area (Å²) in [6.45, 7) is 8.72. The van der Waals surface area contributed by atoms with E-state index in [9.17, 15) is 4.79 Å². The quantitative estimate of drug-likeness (QED) is 0.832. The number of nitrogens with one attached hydrogen (secondary N) is 1. The first kappa shape index (κ1) is 15.0. The molecule has 3 atom stereocenters. The molecule has 3 unspecified atom stereocenters. The van der Waals surface area contributed by atoms with Crippen LogP contribution < -0.4 is 5.32 Å². The molecule has 3 heteroatoms. The maximum Gasteiger partial charge on any atom is 0.220 e. The molecule has 0 aromatic rings. The summed E-state index contributed by atoms with van der Waals surface area (Å²) in [6, 6.07) is 2.38. The fraction of sp³-hybridized carbons (Fsp3) is 0.867. The van der Waals surface area contributed by atoms with E-state index in [0.29, 0.717) is 12.3 Å². The van der Waals surface area contributed by atoms with Crippen LogP contribution in [0.3, 0.4) is 0 Å². The van der Waals surface area contributed by atoms with E-state index in [0.717, 1.165) is 25.7 Å². The molecule has 0 bridgehead atoms. The van der Waals surface area contributed by atoms with E-state index in [1.165, 1.54) is 0 Å². The van der Waals surface area contributed by atoms with Gasteiger partial charge in [0.2, 0.25) is 5.91 Å². The van der Waals surface area contributed by atoms with Gasteiger partial charge in [0.25, 0.3) is 0 Å². The summed E-state index contributed by atoms with van der Waals surface area (Å²) >= 11 is 0. The molecule has 1 amide bonds. The van der Waals surface area contributed by atoms with Crippen LogP contribution in [0.5, 0.6) is 0 Å². The van der Waals surface area contributed by atoms with E-state index in [1.807, 2.05) is 0 Å². The summed E-state index contributed by atoms with van der Waals surface area (Å²) < 4.78 is 0. The van der Waals surface area contributed by atoms with Crippen LogP contribution in [0.25, 0.3) is 0 Å². The standard InChI is InChI=1S/C15H26N2O/c1-11(9-15(2,3)4)8-14(18)17-13-7-5-6-12(13)10-16/h11-13H,5-9H2,1-4H3,(H,17,18). The molecule has 102 valence electrons. The molecule has 18 heavy (non-hydrogen) atoms. The van der Waals surface area contributed by atoms with Gasteiger partial charge in [0.05, 0.1) is 12.0 Å². The van der Waals surface area contributed by atoms with Gasteiger partial charge in [-0.25, -0.2) is 0 Å². The molecule has 1 fully saturated rings. The summed E-state index contributed by atoms with van der Waals surface area (Å²) in [4.78, 5) is 11.9. The van der Waals surface area contributed by atoms with E-state index >= 15 is 0 Å². The molecule has 3 nitrogen and oxygen atoms in total. The summed E-state index contributed by atoms with van der Waals surface area (Å²) in [5, 5.41) is 12.0. The summed E-state index contributed by atoms with van der Waals surface area (Å²) in [7, 11) is 0. The van der Waals surface area contributed by atoms with Crippen LogP contribution in [0, 0.1) is 28.6 Å². The highest BCUT2D eigenvalue weighted by Gasteiger charge is 2.28. The van der Waals surface area contributed by atoms with Crippen molar-refractivity contribution in [3.63, 3.8) is 0 Å². The van der Waals surface area contributed by atoms with Gasteiger partial charge in [0.15, 0.2) is 0 Å². The van der Waals surface area contributed by atoms with Gasteiger partial charge in [-0.3, -0.25) is 4.79 Å². The molecule has 0 aromatic carbocycles. The Balaban J connectivity index is 2.36. The first-order valence-electron chi connectivity index (χ1n) is 7.01. The van der Waals surface area contributed by atoms with Gasteiger partial charge in [-0.2, -0.15) is 5.26 Å². The number of carbonyl (C=O) groups is 1. The fourth-order valence-electron chi connectivity index (χ4n) is 2.99. The Morgan fingerprint density at radius 1 is 1.44 bits per heavy atom. The van der Waals surface area contributed by atoms with Crippen LogP contribution in [0.15, 0.2) is 0 Å². The molecule has 0 radical (unpaired) electrons. The van der Waals surface area contributed by atoms with E-state index in [1.54, 1.807) is 0 Å². The predicted octanol–water partition coefficient (Wildman–Crippen LogP) is 3.26. The SMILES string of the molecule is CC(CC(=O)NC1CCCC1C#N)CC(C)(C)C. The van der Waals surface area contributed by atoms with Gasteiger partial charge >= 0.3 is 0 Å². The molecule has 0 spiro atoms. The molecule has 1 N–H and O–H groups in total. The van der Waals surface area contributed by atoms with Gasteiger partial charge in [-0.05, 0) is 37.0 Å². The van der Waals surface area contributed by atoms with Crippen molar-refractivity contribution in [1.82, 2.24) is 5.32 Å². The Hall–Kier alpha value is -1.04. The molecule has 1 saturated carbocycles. The summed E-state index contributed by atoms with van der Waals surface area (Å²) in [5.41, 5.74) is 0.266. The van der Waals surface area contributed by atoms with Crippen molar-refractivity contribution in [1.29, 1.82) is 5.26 Å². The van der Waals surface area contributed by atoms with Crippen LogP contribution in [-0.4, -0.2) is 11.9 Å². The smallest absolute Gasteiger partial charge is 0.220 e. The summed E-state index contributed by atoms with van der Waals surface area (Å²) in [5.74, 6) is 0.526. The van der Waals surface area contributed by atoms with Crippen LogP contribution in [-0.2, 0) is 4.79 Å². The van der Waals surface area contributed by atoms with Crippen LogP contribution in [0.2, 0.25) is 0 Å². The van der Waals surface area contributed by atoms with Crippen molar-refractivity contribution in [2.75, 3.05) is 0 Å². The van der Waals surface area contributed by atoms with Crippen molar-refractivity contribution in [2.45, 2.75) is 65.8 Å².